The molecule has 0 unspecified atom stereocenters. The Bertz CT molecular complexity index is 1160. The van der Waals surface area contributed by atoms with E-state index in [4.69, 9.17) is 0 Å². The van der Waals surface area contributed by atoms with Gasteiger partial charge < -0.3 is 0 Å². The van der Waals surface area contributed by atoms with E-state index in [0.717, 1.165) is 10.4 Å². The Morgan fingerprint density at radius 3 is 2.59 bits per heavy atom. The second-order valence-electron chi connectivity index (χ2n) is 5.99. The van der Waals surface area contributed by atoms with Crippen LogP contribution >= 0.6 is 34.4 Å². The summed E-state index contributed by atoms with van der Waals surface area (Å²) in [5.41, 5.74) is 2.51. The first-order chi connectivity index (χ1) is 14.0. The average Bonchev–Trinajstić information content (AvgIpc) is 3.40. The van der Waals surface area contributed by atoms with E-state index in [0.29, 0.717) is 32.9 Å². The van der Waals surface area contributed by atoms with Crippen molar-refractivity contribution in [3.05, 3.63) is 64.2 Å². The number of hydrogen-bond acceptors (Lipinski definition) is 7. The molecule has 1 amide bonds. The van der Waals surface area contributed by atoms with Crippen LogP contribution in [-0.4, -0.2) is 27.1 Å². The zero-order valence-corrected chi connectivity index (χ0v) is 17.9. The number of hydrogen-bond donors (Lipinski definition) is 1. The number of thioether (sulfide) groups is 1. The number of aromatic nitrogens is 3. The fraction of sp³-hybridized carbons (Fsp3) is 0.100. The number of halogens is 1. The summed E-state index contributed by atoms with van der Waals surface area (Å²) in [5, 5.41) is 7.70. The summed E-state index contributed by atoms with van der Waals surface area (Å²) in [6.07, 6.45) is 1.88. The van der Waals surface area contributed by atoms with Crippen LogP contribution in [0, 0.1) is 12.7 Å². The van der Waals surface area contributed by atoms with E-state index in [1.807, 2.05) is 29.1 Å². The van der Waals surface area contributed by atoms with Crippen molar-refractivity contribution in [1.29, 1.82) is 0 Å². The van der Waals surface area contributed by atoms with E-state index < -0.39 is 0 Å². The molecule has 4 aromatic rings. The fourth-order valence-corrected chi connectivity index (χ4v) is 4.71. The Hall–Kier alpha value is -2.62. The van der Waals surface area contributed by atoms with Gasteiger partial charge >= 0.3 is 0 Å². The molecule has 0 spiro atoms. The molecule has 3 heterocycles. The number of thiophene rings is 1. The molecule has 146 valence electrons. The van der Waals surface area contributed by atoms with Gasteiger partial charge in [-0.05, 0) is 48.9 Å². The smallest absolute Gasteiger partial charge is 0.262 e. The molecule has 0 saturated carbocycles. The quantitative estimate of drug-likeness (QED) is 0.315. The average molecular weight is 443 g/mol. The van der Waals surface area contributed by atoms with Crippen molar-refractivity contribution in [2.24, 2.45) is 0 Å². The van der Waals surface area contributed by atoms with Crippen molar-refractivity contribution in [3.63, 3.8) is 0 Å². The maximum absolute atomic E-state index is 13.1. The van der Waals surface area contributed by atoms with Crippen molar-refractivity contribution >= 4 is 45.5 Å². The number of rotatable bonds is 5. The summed E-state index contributed by atoms with van der Waals surface area (Å²) < 4.78 is 13.1. The van der Waals surface area contributed by atoms with E-state index in [1.54, 1.807) is 30.4 Å². The monoisotopic (exact) mass is 442 g/mol. The fourth-order valence-electron chi connectivity index (χ4n) is 2.72. The molecule has 4 rings (SSSR count). The number of benzene rings is 1. The summed E-state index contributed by atoms with van der Waals surface area (Å²) in [7, 11) is 0. The van der Waals surface area contributed by atoms with E-state index in [9.17, 15) is 9.18 Å². The lowest BCUT2D eigenvalue weighted by atomic mass is 10.2. The number of nitrogens with zero attached hydrogens (tertiary/aromatic N) is 3. The molecule has 1 N–H and O–H groups in total. The van der Waals surface area contributed by atoms with Crippen LogP contribution in [0.15, 0.2) is 52.2 Å². The van der Waals surface area contributed by atoms with Crippen molar-refractivity contribution in [2.45, 2.75) is 11.9 Å². The van der Waals surface area contributed by atoms with E-state index >= 15 is 0 Å². The van der Waals surface area contributed by atoms with Gasteiger partial charge in [0, 0.05) is 10.9 Å². The van der Waals surface area contributed by atoms with Gasteiger partial charge in [0.2, 0.25) is 0 Å². The van der Waals surface area contributed by atoms with Gasteiger partial charge in [0.1, 0.15) is 10.8 Å². The zero-order chi connectivity index (χ0) is 20.4. The first-order valence-electron chi connectivity index (χ1n) is 8.54. The van der Waals surface area contributed by atoms with Crippen LogP contribution < -0.4 is 5.32 Å². The predicted molar refractivity (Wildman–Crippen MR) is 117 cm³/mol. The summed E-state index contributed by atoms with van der Waals surface area (Å²) in [5.74, 6) is 0.0133. The molecule has 0 atom stereocenters. The third kappa shape index (κ3) is 4.21. The zero-order valence-electron chi connectivity index (χ0n) is 15.5. The van der Waals surface area contributed by atoms with Crippen LogP contribution in [0.25, 0.3) is 22.0 Å². The molecule has 3 aromatic heterocycles. The minimum absolute atomic E-state index is 0.301. The highest BCUT2D eigenvalue weighted by Crippen LogP contribution is 2.29. The number of carbonyl (C=O) groups is 1. The first kappa shape index (κ1) is 19.7. The summed E-state index contributed by atoms with van der Waals surface area (Å²) >= 11 is 4.27. The van der Waals surface area contributed by atoms with Crippen LogP contribution in [0.4, 0.5) is 9.52 Å². The highest BCUT2D eigenvalue weighted by molar-refractivity contribution is 7.98. The van der Waals surface area contributed by atoms with Gasteiger partial charge in [-0.15, -0.1) is 34.4 Å². The van der Waals surface area contributed by atoms with Gasteiger partial charge in [0.15, 0.2) is 11.0 Å². The van der Waals surface area contributed by atoms with Crippen LogP contribution in [0.3, 0.4) is 0 Å². The van der Waals surface area contributed by atoms with Gasteiger partial charge in [-0.2, -0.15) is 0 Å². The maximum Gasteiger partial charge on any atom is 0.262 e. The van der Waals surface area contributed by atoms with Crippen molar-refractivity contribution in [2.75, 3.05) is 11.6 Å². The Kier molecular flexibility index (Phi) is 5.70. The van der Waals surface area contributed by atoms with Crippen LogP contribution in [0.1, 0.15) is 16.1 Å². The van der Waals surface area contributed by atoms with Crippen molar-refractivity contribution < 1.29 is 9.18 Å². The highest BCUT2D eigenvalue weighted by atomic mass is 32.2. The lowest BCUT2D eigenvalue weighted by Gasteiger charge is -2.10. The molecular formula is C20H15FN4OS3. The van der Waals surface area contributed by atoms with Crippen LogP contribution in [-0.2, 0) is 0 Å². The van der Waals surface area contributed by atoms with Crippen LogP contribution in [0.2, 0.25) is 0 Å². The first-order valence-corrected chi connectivity index (χ1v) is 11.5. The molecule has 0 aliphatic rings. The number of aryl methyl sites for hydroxylation is 1. The molecule has 9 heteroatoms. The largest absolute Gasteiger partial charge is 0.298 e. The van der Waals surface area contributed by atoms with Gasteiger partial charge in [-0.25, -0.2) is 19.3 Å². The third-order valence-electron chi connectivity index (χ3n) is 4.08. The SMILES string of the molecule is CSc1nc(-c2cccs2)nc(C)c1C(=O)Nc1nc(-c2ccc(F)cc2)cs1. The van der Waals surface area contributed by atoms with E-state index in [-0.39, 0.29) is 11.7 Å². The molecule has 1 aromatic carbocycles. The summed E-state index contributed by atoms with van der Waals surface area (Å²) in [6.45, 7) is 1.80. The maximum atomic E-state index is 13.1. The molecule has 5 nitrogen and oxygen atoms in total. The van der Waals surface area contributed by atoms with Crippen molar-refractivity contribution in [3.8, 4) is 22.0 Å². The molecular weight excluding hydrogens is 427 g/mol. The summed E-state index contributed by atoms with van der Waals surface area (Å²) in [4.78, 5) is 27.4. The lowest BCUT2D eigenvalue weighted by molar-refractivity contribution is 0.102. The van der Waals surface area contributed by atoms with E-state index in [2.05, 4.69) is 20.3 Å². The topological polar surface area (TPSA) is 67.8 Å². The molecule has 0 fully saturated rings. The normalized spacial score (nSPS) is 10.9. The number of anilines is 1. The molecule has 0 bridgehead atoms. The minimum Gasteiger partial charge on any atom is -0.298 e. The second kappa shape index (κ2) is 8.40. The Labute approximate surface area is 179 Å². The standard InChI is InChI=1S/C20H15FN4OS3/c1-11-16(19(27-2)24-17(22-11)15-4-3-9-28-15)18(26)25-20-23-14(10-29-20)12-5-7-13(21)8-6-12/h3-10H,1-2H3,(H,23,25,26). The Morgan fingerprint density at radius 2 is 1.90 bits per heavy atom. The highest BCUT2D eigenvalue weighted by Gasteiger charge is 2.20. The number of amides is 1. The lowest BCUT2D eigenvalue weighted by Crippen LogP contribution is -2.16. The predicted octanol–water partition coefficient (Wildman–Crippen LogP) is 5.75. The molecule has 29 heavy (non-hydrogen) atoms. The van der Waals surface area contributed by atoms with Crippen molar-refractivity contribution in [1.82, 2.24) is 15.0 Å². The van der Waals surface area contributed by atoms with Crippen LogP contribution in [0.5, 0.6) is 0 Å². The van der Waals surface area contributed by atoms with Gasteiger partial charge in [0.05, 0.1) is 21.8 Å². The number of carbonyl (C=O) groups excluding carboxylic acids is 1. The Morgan fingerprint density at radius 1 is 1.10 bits per heavy atom. The van der Waals surface area contributed by atoms with E-state index in [1.165, 1.54) is 35.2 Å². The summed E-state index contributed by atoms with van der Waals surface area (Å²) in [6, 6.07) is 9.97. The molecule has 0 saturated heterocycles. The van der Waals surface area contributed by atoms with Gasteiger partial charge in [-0.1, -0.05) is 6.07 Å². The van der Waals surface area contributed by atoms with Gasteiger partial charge in [-0.3, -0.25) is 10.1 Å². The van der Waals surface area contributed by atoms with Gasteiger partial charge in [0.25, 0.3) is 5.91 Å². The molecule has 0 aliphatic carbocycles. The molecule has 0 radical (unpaired) electrons. The second-order valence-corrected chi connectivity index (χ2v) is 8.59. The number of thiazole rings is 1. The minimum atomic E-state index is -0.302. The number of nitrogens with one attached hydrogen (secondary N) is 1. The Balaban J connectivity index is 1.59. The molecule has 0 aliphatic heterocycles. The third-order valence-corrected chi connectivity index (χ3v) is 6.39.